The number of aliphatic carboxylic acids is 1. The van der Waals surface area contributed by atoms with E-state index in [1.54, 1.807) is 30.8 Å². The fourth-order valence-corrected chi connectivity index (χ4v) is 7.69. The van der Waals surface area contributed by atoms with Gasteiger partial charge in [0, 0.05) is 61.9 Å². The molecule has 5 rings (SSSR count). The van der Waals surface area contributed by atoms with Crippen LogP contribution in [0.4, 0.5) is 5.95 Å². The van der Waals surface area contributed by atoms with Crippen LogP contribution in [-0.4, -0.2) is 122 Å². The molecule has 1 unspecified atom stereocenters. The Morgan fingerprint density at radius 2 is 2.08 bits per heavy atom. The van der Waals surface area contributed by atoms with Gasteiger partial charge in [-0.3, -0.25) is 14.4 Å². The van der Waals surface area contributed by atoms with Gasteiger partial charge in [-0.2, -0.15) is 0 Å². The van der Waals surface area contributed by atoms with Crippen molar-refractivity contribution >= 4 is 41.4 Å². The Morgan fingerprint density at radius 1 is 1.32 bits per heavy atom. The summed E-state index contributed by atoms with van der Waals surface area (Å²) in [6.45, 7) is 5.33. The fraction of sp³-hybridized carbons (Fsp3) is 0.708. The summed E-state index contributed by atoms with van der Waals surface area (Å²) in [6, 6.07) is -1.22. The highest BCUT2D eigenvalue weighted by Gasteiger charge is 2.60. The molecular formula is C24H36N10O5S. The van der Waals surface area contributed by atoms with E-state index in [4.69, 9.17) is 5.73 Å². The summed E-state index contributed by atoms with van der Waals surface area (Å²) in [5, 5.41) is 27.5. The summed E-state index contributed by atoms with van der Waals surface area (Å²) in [6.07, 6.45) is 1.36. The Hall–Kier alpha value is -3.24. The largest absolute Gasteiger partial charge is 0.477 e. The van der Waals surface area contributed by atoms with E-state index in [9.17, 15) is 24.3 Å². The van der Waals surface area contributed by atoms with Gasteiger partial charge in [-0.25, -0.2) is 9.48 Å². The molecule has 5 heterocycles. The highest BCUT2D eigenvalue weighted by Crippen LogP contribution is 2.51. The van der Waals surface area contributed by atoms with Gasteiger partial charge in [0.2, 0.25) is 23.7 Å². The number of tetrazole rings is 1. The number of carbonyl (C=O) groups is 4. The smallest absolute Gasteiger partial charge is 0.353 e. The molecule has 0 aromatic carbocycles. The predicted molar refractivity (Wildman–Crippen MR) is 145 cm³/mol. The molecule has 4 aliphatic rings. The molecule has 1 aromatic rings. The number of carboxylic acids is 1. The van der Waals surface area contributed by atoms with Crippen molar-refractivity contribution in [2.45, 2.75) is 62.7 Å². The molecular weight excluding hydrogens is 540 g/mol. The molecule has 3 amide bonds. The van der Waals surface area contributed by atoms with Crippen molar-refractivity contribution in [3.63, 3.8) is 0 Å². The van der Waals surface area contributed by atoms with E-state index in [2.05, 4.69) is 26.2 Å². The Labute approximate surface area is 235 Å². The summed E-state index contributed by atoms with van der Waals surface area (Å²) < 4.78 is 1.36. The summed E-state index contributed by atoms with van der Waals surface area (Å²) in [7, 11) is 3.52. The number of carbonyl (C=O) groups excluding carboxylic acids is 3. The fourth-order valence-electron chi connectivity index (χ4n) is 6.21. The average molecular weight is 577 g/mol. The number of carboxylic acid groups (broad SMARTS) is 1. The highest BCUT2D eigenvalue weighted by molar-refractivity contribution is 8.03. The molecule has 4 aliphatic heterocycles. The number of nitrogens with zero attached hydrogens (tertiary/aromatic N) is 7. The monoisotopic (exact) mass is 576 g/mol. The Morgan fingerprint density at radius 3 is 2.73 bits per heavy atom. The van der Waals surface area contributed by atoms with Crippen LogP contribution in [0.5, 0.6) is 0 Å². The zero-order valence-electron chi connectivity index (χ0n) is 23.0. The second-order valence-electron chi connectivity index (χ2n) is 11.2. The van der Waals surface area contributed by atoms with E-state index in [1.807, 2.05) is 6.92 Å². The van der Waals surface area contributed by atoms with Gasteiger partial charge < -0.3 is 36.2 Å². The van der Waals surface area contributed by atoms with Gasteiger partial charge in [0.1, 0.15) is 12.2 Å². The second kappa shape index (κ2) is 11.0. The number of amides is 3. The molecule has 7 atom stereocenters. The standard InChI is InChI=1S/C24H36N10O5S/c1-11-18-17(12(2)27-16(35)10-33-24(31(3)4)28-29-30-33)22(37)34(18)19(23(38)39)20(11)40-14-7-15(26-8-14)21(36)32-6-5-13(25)9-32/h11-15,17-18,26H,5-10,25H2,1-4H3,(H,27,35)(H,38,39)/t11-,12?,13-,14+,15+,17-,18-/m1/s1. The third kappa shape index (κ3) is 5.03. The molecule has 0 saturated carbocycles. The summed E-state index contributed by atoms with van der Waals surface area (Å²) in [4.78, 5) is 56.7. The van der Waals surface area contributed by atoms with Crippen LogP contribution in [0.15, 0.2) is 10.6 Å². The van der Waals surface area contributed by atoms with E-state index in [1.165, 1.54) is 21.3 Å². The highest BCUT2D eigenvalue weighted by atomic mass is 32.2. The third-order valence-corrected chi connectivity index (χ3v) is 9.66. The van der Waals surface area contributed by atoms with Crippen LogP contribution < -0.4 is 21.3 Å². The Balaban J connectivity index is 1.23. The molecule has 218 valence electrons. The topological polar surface area (TPSA) is 192 Å². The number of rotatable bonds is 9. The minimum absolute atomic E-state index is 0.00637. The number of thioether (sulfide) groups is 1. The van der Waals surface area contributed by atoms with Gasteiger partial charge in [-0.1, -0.05) is 12.0 Å². The van der Waals surface area contributed by atoms with Crippen molar-refractivity contribution in [1.82, 2.24) is 40.6 Å². The van der Waals surface area contributed by atoms with Crippen molar-refractivity contribution in [3.8, 4) is 0 Å². The molecule has 16 heteroatoms. The van der Waals surface area contributed by atoms with Crippen LogP contribution in [0.25, 0.3) is 0 Å². The maximum absolute atomic E-state index is 13.2. The van der Waals surface area contributed by atoms with Gasteiger partial charge in [0.05, 0.1) is 18.0 Å². The normalized spacial score (nSPS) is 30.4. The molecule has 0 spiro atoms. The number of β-lactam (4-membered cyclic amide) rings is 1. The van der Waals surface area contributed by atoms with Crippen LogP contribution in [0.1, 0.15) is 26.7 Å². The van der Waals surface area contributed by atoms with E-state index in [0.717, 1.165) is 6.42 Å². The van der Waals surface area contributed by atoms with Gasteiger partial charge in [0.25, 0.3) is 0 Å². The quantitative estimate of drug-likeness (QED) is 0.238. The molecule has 1 aromatic heterocycles. The molecule has 5 N–H and O–H groups in total. The predicted octanol–water partition coefficient (Wildman–Crippen LogP) is -1.96. The number of hydrogen-bond donors (Lipinski definition) is 4. The van der Waals surface area contributed by atoms with Crippen molar-refractivity contribution in [2.24, 2.45) is 17.6 Å². The van der Waals surface area contributed by atoms with Crippen molar-refractivity contribution < 1.29 is 24.3 Å². The number of nitrogens with one attached hydrogen (secondary N) is 2. The number of anilines is 1. The second-order valence-corrected chi connectivity index (χ2v) is 12.5. The summed E-state index contributed by atoms with van der Waals surface area (Å²) in [5.41, 5.74) is 5.97. The molecule has 0 aliphatic carbocycles. The molecule has 0 radical (unpaired) electrons. The van der Waals surface area contributed by atoms with E-state index < -0.39 is 17.9 Å². The van der Waals surface area contributed by atoms with Gasteiger partial charge in [-0.15, -0.1) is 11.8 Å². The van der Waals surface area contributed by atoms with Crippen molar-refractivity contribution in [2.75, 3.05) is 38.6 Å². The van der Waals surface area contributed by atoms with Crippen LogP contribution >= 0.6 is 11.8 Å². The number of likely N-dealkylation sites (tertiary alicyclic amines) is 1. The van der Waals surface area contributed by atoms with E-state index >= 15 is 0 Å². The van der Waals surface area contributed by atoms with Gasteiger partial charge in [-0.05, 0) is 30.2 Å². The molecule has 0 bridgehead atoms. The number of fused-ring (bicyclic) bond motifs is 1. The van der Waals surface area contributed by atoms with Crippen LogP contribution in [0, 0.1) is 11.8 Å². The van der Waals surface area contributed by atoms with Crippen LogP contribution in [0.2, 0.25) is 0 Å². The van der Waals surface area contributed by atoms with Gasteiger partial charge >= 0.3 is 5.97 Å². The minimum Gasteiger partial charge on any atom is -0.477 e. The lowest BCUT2D eigenvalue weighted by molar-refractivity contribution is -0.158. The zero-order chi connectivity index (χ0) is 28.9. The van der Waals surface area contributed by atoms with Crippen LogP contribution in [0.3, 0.4) is 0 Å². The number of hydrogen-bond acceptors (Lipinski definition) is 11. The molecule has 15 nitrogen and oxygen atoms in total. The summed E-state index contributed by atoms with van der Waals surface area (Å²) in [5.74, 6) is -2.17. The lowest BCUT2D eigenvalue weighted by Crippen LogP contribution is -2.66. The first-order valence-corrected chi connectivity index (χ1v) is 14.3. The van der Waals surface area contributed by atoms with E-state index in [0.29, 0.717) is 36.9 Å². The number of aromatic nitrogens is 4. The van der Waals surface area contributed by atoms with E-state index in [-0.39, 0.29) is 59.3 Å². The zero-order valence-corrected chi connectivity index (χ0v) is 23.8. The maximum Gasteiger partial charge on any atom is 0.353 e. The lowest BCUT2D eigenvalue weighted by atomic mass is 9.78. The van der Waals surface area contributed by atoms with Crippen molar-refractivity contribution in [1.29, 1.82) is 0 Å². The first kappa shape index (κ1) is 28.3. The third-order valence-electron chi connectivity index (χ3n) is 8.14. The van der Waals surface area contributed by atoms with Gasteiger partial charge in [0.15, 0.2) is 0 Å². The number of nitrogens with two attached hydrogens (primary N) is 1. The molecule has 3 fully saturated rings. The summed E-state index contributed by atoms with van der Waals surface area (Å²) >= 11 is 1.44. The molecule has 40 heavy (non-hydrogen) atoms. The lowest BCUT2D eigenvalue weighted by Gasteiger charge is -2.47. The first-order chi connectivity index (χ1) is 19.0. The Bertz CT molecular complexity index is 1240. The average Bonchev–Trinajstić information content (AvgIpc) is 3.67. The maximum atomic E-state index is 13.2. The Kier molecular flexibility index (Phi) is 7.76. The first-order valence-electron chi connectivity index (χ1n) is 13.5. The molecule has 3 saturated heterocycles. The SMILES string of the molecule is CC(NC(=O)Cn1nnnc1N(C)C)[C@H]1C(=O)N2C(C(=O)O)=C(S[C@@H]3CN[C@H](C(=O)N4CC[C@@H](N)C4)C3)[C@H](C)[C@H]12. The minimum atomic E-state index is -1.15. The van der Waals surface area contributed by atoms with Crippen molar-refractivity contribution in [3.05, 3.63) is 10.6 Å². The van der Waals surface area contributed by atoms with Crippen LogP contribution in [-0.2, 0) is 25.7 Å².